The molecule has 1 saturated carbocycles. The number of sulfonamides is 1. The molecule has 0 aliphatic heterocycles. The van der Waals surface area contributed by atoms with Gasteiger partial charge in [0.25, 0.3) is 0 Å². The zero-order valence-electron chi connectivity index (χ0n) is 16.9. The molecular formula is C20H31FN2O3S. The van der Waals surface area contributed by atoms with Crippen molar-refractivity contribution in [3.63, 3.8) is 0 Å². The van der Waals surface area contributed by atoms with Gasteiger partial charge in [-0.25, -0.2) is 12.8 Å². The lowest BCUT2D eigenvalue weighted by Gasteiger charge is -2.26. The summed E-state index contributed by atoms with van der Waals surface area (Å²) < 4.78 is 42.1. The second-order valence-corrected chi connectivity index (χ2v) is 10.7. The molecule has 27 heavy (non-hydrogen) atoms. The van der Waals surface area contributed by atoms with E-state index in [4.69, 9.17) is 0 Å². The summed E-state index contributed by atoms with van der Waals surface area (Å²) in [5.41, 5.74) is -1.33. The molecular weight excluding hydrogens is 367 g/mol. The van der Waals surface area contributed by atoms with Crippen molar-refractivity contribution in [3.8, 4) is 0 Å². The molecule has 0 heterocycles. The fourth-order valence-corrected chi connectivity index (χ4v) is 4.77. The number of carbonyl (C=O) groups is 1. The Morgan fingerprint density at radius 2 is 1.74 bits per heavy atom. The van der Waals surface area contributed by atoms with Gasteiger partial charge in [0, 0.05) is 6.54 Å². The number of benzene rings is 1. The standard InChI is InChI=1S/C20H31FN2O3S/c1-19(2,3)16-11-10-15(12-17(16)21)27(25,26)23-20(4,5)18(24)22-13-14-8-6-7-9-14/h10-12,14,23H,6-9,13H2,1-5H3,(H,22,24). The number of hydrogen-bond acceptors (Lipinski definition) is 3. The molecule has 7 heteroatoms. The van der Waals surface area contributed by atoms with Crippen molar-refractivity contribution in [3.05, 3.63) is 29.6 Å². The van der Waals surface area contributed by atoms with Crippen LogP contribution in [0.2, 0.25) is 0 Å². The molecule has 0 saturated heterocycles. The van der Waals surface area contributed by atoms with Crippen LogP contribution in [0.15, 0.2) is 23.1 Å². The summed E-state index contributed by atoms with van der Waals surface area (Å²) >= 11 is 0. The Hall–Kier alpha value is -1.47. The third kappa shape index (κ3) is 5.51. The summed E-state index contributed by atoms with van der Waals surface area (Å²) in [6.45, 7) is 9.14. The van der Waals surface area contributed by atoms with Crippen molar-refractivity contribution in [1.82, 2.24) is 10.0 Å². The van der Waals surface area contributed by atoms with Crippen LogP contribution in [-0.2, 0) is 20.2 Å². The fraction of sp³-hybridized carbons (Fsp3) is 0.650. The van der Waals surface area contributed by atoms with Crippen LogP contribution in [0.3, 0.4) is 0 Å². The third-order valence-corrected chi connectivity index (χ3v) is 6.70. The molecule has 5 nitrogen and oxygen atoms in total. The highest BCUT2D eigenvalue weighted by Crippen LogP contribution is 2.27. The molecule has 1 amide bonds. The molecule has 2 rings (SSSR count). The summed E-state index contributed by atoms with van der Waals surface area (Å²) in [6, 6.07) is 3.87. The van der Waals surface area contributed by atoms with Crippen molar-refractivity contribution in [2.24, 2.45) is 5.92 Å². The van der Waals surface area contributed by atoms with Crippen molar-refractivity contribution in [2.45, 2.75) is 76.2 Å². The first-order valence-electron chi connectivity index (χ1n) is 9.45. The van der Waals surface area contributed by atoms with E-state index in [9.17, 15) is 17.6 Å². The van der Waals surface area contributed by atoms with Crippen LogP contribution in [0, 0.1) is 11.7 Å². The van der Waals surface area contributed by atoms with Gasteiger partial charge in [-0.15, -0.1) is 0 Å². The molecule has 1 fully saturated rings. The summed E-state index contributed by atoms with van der Waals surface area (Å²) in [6.07, 6.45) is 4.52. The maximum absolute atomic E-state index is 14.4. The molecule has 0 atom stereocenters. The quantitative estimate of drug-likeness (QED) is 0.770. The number of rotatable bonds is 6. The third-order valence-electron chi connectivity index (χ3n) is 5.04. The smallest absolute Gasteiger partial charge is 0.241 e. The van der Waals surface area contributed by atoms with E-state index in [1.807, 2.05) is 20.8 Å². The van der Waals surface area contributed by atoms with Crippen molar-refractivity contribution >= 4 is 15.9 Å². The minimum atomic E-state index is -4.04. The van der Waals surface area contributed by atoms with Gasteiger partial charge in [0.05, 0.1) is 4.90 Å². The SMILES string of the molecule is CC(C)(NS(=O)(=O)c1ccc(C(C)(C)C)c(F)c1)C(=O)NCC1CCCC1. The molecule has 1 aliphatic carbocycles. The van der Waals surface area contributed by atoms with Gasteiger partial charge in [0.15, 0.2) is 0 Å². The maximum Gasteiger partial charge on any atom is 0.241 e. The number of halogens is 1. The van der Waals surface area contributed by atoms with E-state index in [-0.39, 0.29) is 10.8 Å². The Labute approximate surface area is 162 Å². The van der Waals surface area contributed by atoms with Gasteiger partial charge in [0.1, 0.15) is 11.4 Å². The molecule has 0 bridgehead atoms. The summed E-state index contributed by atoms with van der Waals surface area (Å²) in [5, 5.41) is 2.84. The molecule has 2 N–H and O–H groups in total. The van der Waals surface area contributed by atoms with Gasteiger partial charge in [-0.05, 0) is 55.7 Å². The van der Waals surface area contributed by atoms with E-state index < -0.39 is 26.8 Å². The fourth-order valence-electron chi connectivity index (χ4n) is 3.38. The predicted molar refractivity (Wildman–Crippen MR) is 104 cm³/mol. The number of nitrogens with one attached hydrogen (secondary N) is 2. The van der Waals surface area contributed by atoms with Crippen LogP contribution in [0.4, 0.5) is 4.39 Å². The Morgan fingerprint density at radius 3 is 2.26 bits per heavy atom. The molecule has 0 aromatic heterocycles. The normalized spacial score (nSPS) is 16.5. The topological polar surface area (TPSA) is 75.3 Å². The zero-order valence-corrected chi connectivity index (χ0v) is 17.7. The lowest BCUT2D eigenvalue weighted by atomic mass is 9.87. The molecule has 0 spiro atoms. The van der Waals surface area contributed by atoms with E-state index in [0.717, 1.165) is 18.9 Å². The minimum Gasteiger partial charge on any atom is -0.354 e. The van der Waals surface area contributed by atoms with Gasteiger partial charge in [-0.3, -0.25) is 4.79 Å². The van der Waals surface area contributed by atoms with Crippen molar-refractivity contribution < 1.29 is 17.6 Å². The minimum absolute atomic E-state index is 0.190. The van der Waals surface area contributed by atoms with E-state index in [2.05, 4.69) is 10.0 Å². The summed E-state index contributed by atoms with van der Waals surface area (Å²) in [5.74, 6) is -0.501. The lowest BCUT2D eigenvalue weighted by Crippen LogP contribution is -2.55. The highest BCUT2D eigenvalue weighted by molar-refractivity contribution is 7.89. The Kier molecular flexibility index (Phi) is 6.37. The van der Waals surface area contributed by atoms with Gasteiger partial charge in [-0.1, -0.05) is 39.7 Å². The molecule has 1 aromatic carbocycles. The monoisotopic (exact) mass is 398 g/mol. The predicted octanol–water partition coefficient (Wildman–Crippen LogP) is 3.49. The second-order valence-electron chi connectivity index (χ2n) is 8.98. The van der Waals surface area contributed by atoms with Gasteiger partial charge in [-0.2, -0.15) is 4.72 Å². The van der Waals surface area contributed by atoms with E-state index in [1.165, 1.54) is 38.8 Å². The van der Waals surface area contributed by atoms with Crippen molar-refractivity contribution in [2.75, 3.05) is 6.54 Å². The van der Waals surface area contributed by atoms with Crippen LogP contribution >= 0.6 is 0 Å². The maximum atomic E-state index is 14.4. The Balaban J connectivity index is 2.11. The van der Waals surface area contributed by atoms with E-state index in [0.29, 0.717) is 18.0 Å². The molecule has 1 aliphatic rings. The van der Waals surface area contributed by atoms with E-state index >= 15 is 0 Å². The molecule has 0 unspecified atom stereocenters. The molecule has 0 radical (unpaired) electrons. The zero-order chi connectivity index (χ0) is 20.5. The number of amides is 1. The van der Waals surface area contributed by atoms with Crippen LogP contribution in [-0.4, -0.2) is 26.4 Å². The number of hydrogen-bond donors (Lipinski definition) is 2. The van der Waals surface area contributed by atoms with Crippen molar-refractivity contribution in [1.29, 1.82) is 0 Å². The average Bonchev–Trinajstić information content (AvgIpc) is 3.03. The highest BCUT2D eigenvalue weighted by Gasteiger charge is 2.34. The van der Waals surface area contributed by atoms with Crippen LogP contribution in [0.25, 0.3) is 0 Å². The lowest BCUT2D eigenvalue weighted by molar-refractivity contribution is -0.125. The molecule has 1 aromatic rings. The highest BCUT2D eigenvalue weighted by atomic mass is 32.2. The summed E-state index contributed by atoms with van der Waals surface area (Å²) in [4.78, 5) is 12.3. The van der Waals surface area contributed by atoms with Crippen LogP contribution in [0.1, 0.15) is 65.9 Å². The average molecular weight is 399 g/mol. The number of carbonyl (C=O) groups excluding carboxylic acids is 1. The van der Waals surface area contributed by atoms with Crippen LogP contribution < -0.4 is 10.0 Å². The summed E-state index contributed by atoms with van der Waals surface area (Å²) in [7, 11) is -4.04. The largest absolute Gasteiger partial charge is 0.354 e. The molecule has 152 valence electrons. The van der Waals surface area contributed by atoms with Gasteiger partial charge < -0.3 is 5.32 Å². The second kappa shape index (κ2) is 7.87. The Morgan fingerprint density at radius 1 is 1.15 bits per heavy atom. The van der Waals surface area contributed by atoms with Gasteiger partial charge >= 0.3 is 0 Å². The van der Waals surface area contributed by atoms with E-state index in [1.54, 1.807) is 0 Å². The van der Waals surface area contributed by atoms with Crippen LogP contribution in [0.5, 0.6) is 0 Å². The first-order valence-corrected chi connectivity index (χ1v) is 10.9. The Bertz CT molecular complexity index is 792. The first-order chi connectivity index (χ1) is 12.3. The van der Waals surface area contributed by atoms with Gasteiger partial charge in [0.2, 0.25) is 15.9 Å². The first kappa shape index (κ1) is 21.8.